The van der Waals surface area contributed by atoms with Crippen molar-refractivity contribution in [3.63, 3.8) is 0 Å². The third kappa shape index (κ3) is 3.43. The number of hydrogen-bond acceptors (Lipinski definition) is 5. The lowest BCUT2D eigenvalue weighted by atomic mass is 10.4. The molecule has 0 saturated heterocycles. The smallest absolute Gasteiger partial charge is 0.408 e. The van der Waals surface area contributed by atoms with Crippen LogP contribution in [-0.2, 0) is 11.3 Å². The standard InChI is InChI=1S/C8H8F3N3O4/c1-2-18-7(15)6-5(14(16)17)3-13(12-6)4-8(9,10)11/h3H,2,4H2,1H3. The predicted molar refractivity (Wildman–Crippen MR) is 50.9 cm³/mol. The molecular weight excluding hydrogens is 259 g/mol. The van der Waals surface area contributed by atoms with E-state index in [1.165, 1.54) is 6.92 Å². The number of rotatable bonds is 4. The molecule has 0 fully saturated rings. The van der Waals surface area contributed by atoms with Gasteiger partial charge >= 0.3 is 17.8 Å². The van der Waals surface area contributed by atoms with E-state index in [0.717, 1.165) is 0 Å². The van der Waals surface area contributed by atoms with Crippen molar-refractivity contribution >= 4 is 11.7 Å². The fraction of sp³-hybridized carbons (Fsp3) is 0.500. The average molecular weight is 267 g/mol. The number of nitrogens with zero attached hydrogens (tertiary/aromatic N) is 3. The Morgan fingerprint density at radius 1 is 1.61 bits per heavy atom. The monoisotopic (exact) mass is 267 g/mol. The van der Waals surface area contributed by atoms with Crippen molar-refractivity contribution in [2.24, 2.45) is 0 Å². The van der Waals surface area contributed by atoms with Gasteiger partial charge in [-0.05, 0) is 6.92 Å². The van der Waals surface area contributed by atoms with Crippen molar-refractivity contribution < 1.29 is 27.6 Å². The highest BCUT2D eigenvalue weighted by molar-refractivity contribution is 5.91. The molecule has 0 aliphatic heterocycles. The molecule has 0 spiro atoms. The van der Waals surface area contributed by atoms with Crippen molar-refractivity contribution in [3.05, 3.63) is 22.0 Å². The van der Waals surface area contributed by atoms with Gasteiger partial charge in [-0.2, -0.15) is 18.3 Å². The van der Waals surface area contributed by atoms with E-state index in [-0.39, 0.29) is 11.3 Å². The largest absolute Gasteiger partial charge is 0.461 e. The van der Waals surface area contributed by atoms with Gasteiger partial charge in [0.05, 0.1) is 11.5 Å². The Hall–Kier alpha value is -2.13. The summed E-state index contributed by atoms with van der Waals surface area (Å²) in [4.78, 5) is 20.8. The molecule has 10 heteroatoms. The SMILES string of the molecule is CCOC(=O)c1nn(CC(F)(F)F)cc1[N+](=O)[O-]. The Morgan fingerprint density at radius 3 is 2.67 bits per heavy atom. The maximum atomic E-state index is 12.1. The van der Waals surface area contributed by atoms with Crippen LogP contribution in [0, 0.1) is 10.1 Å². The lowest BCUT2D eigenvalue weighted by Gasteiger charge is -2.04. The minimum Gasteiger partial charge on any atom is -0.461 e. The van der Waals surface area contributed by atoms with E-state index in [2.05, 4.69) is 9.84 Å². The van der Waals surface area contributed by atoms with Crippen LogP contribution >= 0.6 is 0 Å². The molecule has 100 valence electrons. The van der Waals surface area contributed by atoms with E-state index in [9.17, 15) is 28.1 Å². The summed E-state index contributed by atoms with van der Waals surface area (Å²) in [6.07, 6.45) is -4.05. The van der Waals surface area contributed by atoms with Crippen LogP contribution < -0.4 is 0 Å². The van der Waals surface area contributed by atoms with Crippen molar-refractivity contribution in [2.75, 3.05) is 6.61 Å². The van der Waals surface area contributed by atoms with Crippen LogP contribution in [0.3, 0.4) is 0 Å². The molecule has 7 nitrogen and oxygen atoms in total. The lowest BCUT2D eigenvalue weighted by molar-refractivity contribution is -0.385. The molecule has 0 radical (unpaired) electrons. The molecule has 0 bridgehead atoms. The highest BCUT2D eigenvalue weighted by Gasteiger charge is 2.33. The summed E-state index contributed by atoms with van der Waals surface area (Å²) in [5.74, 6) is -1.13. The summed E-state index contributed by atoms with van der Waals surface area (Å²) in [6, 6.07) is 0. The van der Waals surface area contributed by atoms with Gasteiger partial charge in [0, 0.05) is 0 Å². The number of hydrogen-bond donors (Lipinski definition) is 0. The molecule has 0 aliphatic carbocycles. The Bertz CT molecular complexity index is 469. The number of halogens is 3. The second-order valence-corrected chi connectivity index (χ2v) is 3.15. The fourth-order valence-corrected chi connectivity index (χ4v) is 1.15. The summed E-state index contributed by atoms with van der Waals surface area (Å²) in [5, 5.41) is 13.8. The van der Waals surface area contributed by atoms with Gasteiger partial charge in [-0.3, -0.25) is 14.8 Å². The van der Waals surface area contributed by atoms with Gasteiger partial charge in [-0.1, -0.05) is 0 Å². The number of carbonyl (C=O) groups excluding carboxylic acids is 1. The fourth-order valence-electron chi connectivity index (χ4n) is 1.15. The van der Waals surface area contributed by atoms with E-state index in [4.69, 9.17) is 0 Å². The first-order valence-corrected chi connectivity index (χ1v) is 4.70. The Labute approximate surface area is 98.3 Å². The van der Waals surface area contributed by atoms with Crippen molar-refractivity contribution in [1.82, 2.24) is 9.78 Å². The maximum Gasteiger partial charge on any atom is 0.408 e. The molecule has 0 amide bonds. The number of alkyl halides is 3. The quantitative estimate of drug-likeness (QED) is 0.469. The maximum absolute atomic E-state index is 12.1. The van der Waals surface area contributed by atoms with Gasteiger partial charge in [0.15, 0.2) is 0 Å². The summed E-state index contributed by atoms with van der Waals surface area (Å²) in [6.45, 7) is -0.133. The molecule has 1 heterocycles. The van der Waals surface area contributed by atoms with Gasteiger partial charge in [-0.25, -0.2) is 4.79 Å². The predicted octanol–water partition coefficient (Wildman–Crippen LogP) is 1.53. The number of carbonyl (C=O) groups is 1. The topological polar surface area (TPSA) is 87.3 Å². The van der Waals surface area contributed by atoms with E-state index in [0.29, 0.717) is 6.20 Å². The van der Waals surface area contributed by atoms with Gasteiger partial charge in [0.2, 0.25) is 5.69 Å². The number of nitro groups is 1. The molecule has 1 aromatic heterocycles. The van der Waals surface area contributed by atoms with E-state index in [1.807, 2.05) is 0 Å². The lowest BCUT2D eigenvalue weighted by Crippen LogP contribution is -2.18. The third-order valence-corrected chi connectivity index (χ3v) is 1.75. The second-order valence-electron chi connectivity index (χ2n) is 3.15. The van der Waals surface area contributed by atoms with Crippen LogP contribution in [0.1, 0.15) is 17.4 Å². The van der Waals surface area contributed by atoms with Gasteiger partial charge in [0.25, 0.3) is 0 Å². The first kappa shape index (κ1) is 13.9. The minimum atomic E-state index is -4.59. The van der Waals surface area contributed by atoms with Crippen molar-refractivity contribution in [3.8, 4) is 0 Å². The highest BCUT2D eigenvalue weighted by atomic mass is 19.4. The summed E-state index contributed by atoms with van der Waals surface area (Å²) < 4.78 is 41.0. The van der Waals surface area contributed by atoms with Gasteiger partial charge < -0.3 is 4.74 Å². The van der Waals surface area contributed by atoms with E-state index < -0.39 is 35.0 Å². The Balaban J connectivity index is 3.09. The van der Waals surface area contributed by atoms with E-state index in [1.54, 1.807) is 0 Å². The first-order valence-electron chi connectivity index (χ1n) is 4.70. The Morgan fingerprint density at radius 2 is 2.22 bits per heavy atom. The molecular formula is C8H8F3N3O4. The second kappa shape index (κ2) is 5.02. The average Bonchev–Trinajstić information content (AvgIpc) is 2.59. The van der Waals surface area contributed by atoms with Gasteiger partial charge in [-0.15, -0.1) is 0 Å². The van der Waals surface area contributed by atoms with Crippen molar-refractivity contribution in [2.45, 2.75) is 19.6 Å². The van der Waals surface area contributed by atoms with Crippen LogP contribution in [0.5, 0.6) is 0 Å². The van der Waals surface area contributed by atoms with Crippen LogP contribution in [0.25, 0.3) is 0 Å². The molecule has 0 atom stereocenters. The molecule has 0 aromatic carbocycles. The van der Waals surface area contributed by atoms with Crippen LogP contribution in [0.2, 0.25) is 0 Å². The number of esters is 1. The van der Waals surface area contributed by atoms with Crippen LogP contribution in [-0.4, -0.2) is 33.5 Å². The first-order chi connectivity index (χ1) is 8.24. The molecule has 0 N–H and O–H groups in total. The molecule has 0 saturated carbocycles. The molecule has 18 heavy (non-hydrogen) atoms. The highest BCUT2D eigenvalue weighted by Crippen LogP contribution is 2.22. The summed E-state index contributed by atoms with van der Waals surface area (Å²) in [5.41, 5.74) is -1.57. The zero-order valence-corrected chi connectivity index (χ0v) is 9.10. The zero-order chi connectivity index (χ0) is 13.9. The zero-order valence-electron chi connectivity index (χ0n) is 9.10. The normalized spacial score (nSPS) is 11.3. The van der Waals surface area contributed by atoms with Gasteiger partial charge in [0.1, 0.15) is 12.7 Å². The van der Waals surface area contributed by atoms with Crippen LogP contribution in [0.4, 0.5) is 18.9 Å². The summed E-state index contributed by atoms with van der Waals surface area (Å²) >= 11 is 0. The van der Waals surface area contributed by atoms with Crippen LogP contribution in [0.15, 0.2) is 6.20 Å². The van der Waals surface area contributed by atoms with Crippen molar-refractivity contribution in [1.29, 1.82) is 0 Å². The molecule has 1 aromatic rings. The third-order valence-electron chi connectivity index (χ3n) is 1.75. The Kier molecular flexibility index (Phi) is 3.89. The molecule has 0 aliphatic rings. The number of aromatic nitrogens is 2. The molecule has 0 unspecified atom stereocenters. The minimum absolute atomic E-state index is 0.0673. The summed E-state index contributed by atoms with van der Waals surface area (Å²) in [7, 11) is 0. The van der Waals surface area contributed by atoms with E-state index >= 15 is 0 Å². The molecule has 1 rings (SSSR count). The number of ether oxygens (including phenoxy) is 1.